The Morgan fingerprint density at radius 3 is 1.65 bits per heavy atom. The summed E-state index contributed by atoms with van der Waals surface area (Å²) in [4.78, 5) is 2.37. The first-order chi connectivity index (χ1) is 26.5. The van der Waals surface area contributed by atoms with Gasteiger partial charge in [0.1, 0.15) is 0 Å². The average Bonchev–Trinajstić information content (AvgIpc) is 3.74. The molecule has 0 unspecified atom stereocenters. The Hall–Kier alpha value is -6.22. The minimum atomic E-state index is -0.403. The molecule has 2 heteroatoms. The van der Waals surface area contributed by atoms with Gasteiger partial charge in [-0.1, -0.05) is 153 Å². The van der Waals surface area contributed by atoms with Crippen LogP contribution in [0.3, 0.4) is 0 Å². The van der Waals surface area contributed by atoms with Crippen LogP contribution >= 0.6 is 11.3 Å². The number of benzene rings is 8. The van der Waals surface area contributed by atoms with Crippen LogP contribution in [0.2, 0.25) is 0 Å². The third-order valence-corrected chi connectivity index (χ3v) is 13.3. The Kier molecular flexibility index (Phi) is 6.75. The van der Waals surface area contributed by atoms with E-state index in [0.29, 0.717) is 0 Å². The molecule has 2 aliphatic rings. The lowest BCUT2D eigenvalue weighted by Gasteiger charge is -2.46. The standard InChI is InChI=1S/C52H37NS/c1-51(2)44-19-9-11-21-46(44)52(47-22-12-10-20-45(47)51)43-18-8-6-16-39(43)40-30-26-35(32-48(40)52)34-24-27-37(28-25-34)53(36-14-4-3-5-15-36)38-29-31-42-41-17-7-13-23-49(41)54-50(42)33-38/h3-33H,1-2H3. The molecule has 0 bridgehead atoms. The van der Waals surface area contributed by atoms with Gasteiger partial charge < -0.3 is 4.90 Å². The van der Waals surface area contributed by atoms with E-state index in [9.17, 15) is 0 Å². The molecule has 1 nitrogen and oxygen atoms in total. The number of anilines is 3. The van der Waals surface area contributed by atoms with Crippen molar-refractivity contribution in [1.29, 1.82) is 0 Å². The van der Waals surface area contributed by atoms with Crippen molar-refractivity contribution in [3.8, 4) is 22.3 Å². The maximum atomic E-state index is 2.49. The second kappa shape index (κ2) is 11.6. The number of rotatable bonds is 4. The summed E-state index contributed by atoms with van der Waals surface area (Å²) in [6.07, 6.45) is 0. The number of hydrogen-bond acceptors (Lipinski definition) is 2. The van der Waals surface area contributed by atoms with Gasteiger partial charge in [-0.3, -0.25) is 0 Å². The van der Waals surface area contributed by atoms with Crippen molar-refractivity contribution in [2.45, 2.75) is 24.7 Å². The molecule has 54 heavy (non-hydrogen) atoms. The number of nitrogens with zero attached hydrogens (tertiary/aromatic N) is 1. The van der Waals surface area contributed by atoms with E-state index in [1.165, 1.54) is 75.8 Å². The summed E-state index contributed by atoms with van der Waals surface area (Å²) < 4.78 is 2.62. The van der Waals surface area contributed by atoms with Crippen LogP contribution in [0, 0.1) is 0 Å². The van der Waals surface area contributed by atoms with E-state index in [1.807, 2.05) is 11.3 Å². The summed E-state index contributed by atoms with van der Waals surface area (Å²) in [5.41, 5.74) is 16.3. The predicted molar refractivity (Wildman–Crippen MR) is 229 cm³/mol. The van der Waals surface area contributed by atoms with Gasteiger partial charge in [0, 0.05) is 42.6 Å². The fourth-order valence-electron chi connectivity index (χ4n) is 9.72. The zero-order valence-corrected chi connectivity index (χ0v) is 31.1. The lowest BCUT2D eigenvalue weighted by Crippen LogP contribution is -2.40. The van der Waals surface area contributed by atoms with Crippen LogP contribution in [0.25, 0.3) is 42.4 Å². The first-order valence-corrected chi connectivity index (χ1v) is 19.7. The zero-order chi connectivity index (χ0) is 36.0. The van der Waals surface area contributed by atoms with E-state index in [0.717, 1.165) is 17.1 Å². The molecule has 0 N–H and O–H groups in total. The van der Waals surface area contributed by atoms with Gasteiger partial charge in [0.25, 0.3) is 0 Å². The van der Waals surface area contributed by atoms with Crippen molar-refractivity contribution in [1.82, 2.24) is 0 Å². The van der Waals surface area contributed by atoms with Crippen LogP contribution in [0.1, 0.15) is 47.2 Å². The maximum Gasteiger partial charge on any atom is 0.0719 e. The first kappa shape index (κ1) is 31.3. The molecule has 9 aromatic rings. The second-order valence-corrected chi connectivity index (χ2v) is 16.4. The summed E-state index contributed by atoms with van der Waals surface area (Å²) in [6, 6.07) is 70.1. The molecule has 0 radical (unpaired) electrons. The van der Waals surface area contributed by atoms with E-state index in [4.69, 9.17) is 0 Å². The Bertz CT molecular complexity index is 2860. The highest BCUT2D eigenvalue weighted by atomic mass is 32.1. The third kappa shape index (κ3) is 4.32. The van der Waals surface area contributed by atoms with Gasteiger partial charge in [0.15, 0.2) is 0 Å². The van der Waals surface area contributed by atoms with Crippen LogP contribution in [0.15, 0.2) is 188 Å². The SMILES string of the molecule is CC1(C)c2ccccc2C2(c3ccccc3-c3ccc(-c4ccc(N(c5ccccc5)c5ccc6c(c5)sc5ccccc56)cc4)cc32)c2ccccc21. The minimum absolute atomic E-state index is 0.115. The van der Waals surface area contributed by atoms with Crippen molar-refractivity contribution in [2.24, 2.45) is 0 Å². The summed E-state index contributed by atoms with van der Waals surface area (Å²) >= 11 is 1.86. The molecule has 1 spiro atoms. The van der Waals surface area contributed by atoms with Gasteiger partial charge >= 0.3 is 0 Å². The van der Waals surface area contributed by atoms with Gasteiger partial charge in [-0.25, -0.2) is 0 Å². The topological polar surface area (TPSA) is 3.24 Å². The number of fused-ring (bicyclic) bond motifs is 12. The van der Waals surface area contributed by atoms with Gasteiger partial charge in [0.05, 0.1) is 5.41 Å². The Balaban J connectivity index is 1.06. The van der Waals surface area contributed by atoms with Gasteiger partial charge in [-0.05, 0) is 104 Å². The highest BCUT2D eigenvalue weighted by Crippen LogP contribution is 2.62. The second-order valence-electron chi connectivity index (χ2n) is 15.3. The van der Waals surface area contributed by atoms with Crippen LogP contribution in [0.4, 0.5) is 17.1 Å². The molecule has 0 amide bonds. The molecule has 8 aromatic carbocycles. The van der Waals surface area contributed by atoms with Gasteiger partial charge in [-0.15, -0.1) is 11.3 Å². The molecule has 11 rings (SSSR count). The maximum absolute atomic E-state index is 2.49. The number of para-hydroxylation sites is 1. The third-order valence-electron chi connectivity index (χ3n) is 12.1. The smallest absolute Gasteiger partial charge is 0.0719 e. The van der Waals surface area contributed by atoms with Crippen molar-refractivity contribution >= 4 is 48.6 Å². The molecule has 1 aromatic heterocycles. The lowest BCUT2D eigenvalue weighted by atomic mass is 9.55. The summed E-state index contributed by atoms with van der Waals surface area (Å²) in [6.45, 7) is 4.77. The molecule has 0 aliphatic heterocycles. The zero-order valence-electron chi connectivity index (χ0n) is 30.3. The molecule has 256 valence electrons. The van der Waals surface area contributed by atoms with E-state index in [2.05, 4.69) is 207 Å². The Labute approximate surface area is 320 Å². The first-order valence-electron chi connectivity index (χ1n) is 18.8. The molecule has 0 saturated heterocycles. The summed E-state index contributed by atoms with van der Waals surface area (Å²) in [5, 5.41) is 2.63. The number of hydrogen-bond donors (Lipinski definition) is 0. The van der Waals surface area contributed by atoms with Crippen molar-refractivity contribution in [3.05, 3.63) is 221 Å². The van der Waals surface area contributed by atoms with Crippen LogP contribution in [-0.2, 0) is 10.8 Å². The molecule has 0 atom stereocenters. The molecule has 0 saturated carbocycles. The molecular formula is C52H37NS. The van der Waals surface area contributed by atoms with E-state index < -0.39 is 5.41 Å². The highest BCUT2D eigenvalue weighted by Gasteiger charge is 2.53. The fourth-order valence-corrected chi connectivity index (χ4v) is 10.9. The Morgan fingerprint density at radius 1 is 0.370 bits per heavy atom. The average molecular weight is 708 g/mol. The van der Waals surface area contributed by atoms with Crippen LogP contribution < -0.4 is 4.90 Å². The highest BCUT2D eigenvalue weighted by molar-refractivity contribution is 7.25. The molecule has 2 aliphatic carbocycles. The largest absolute Gasteiger partial charge is 0.310 e. The monoisotopic (exact) mass is 707 g/mol. The fraction of sp³-hybridized carbons (Fsp3) is 0.0769. The normalized spacial score (nSPS) is 14.4. The van der Waals surface area contributed by atoms with Gasteiger partial charge in [-0.2, -0.15) is 0 Å². The molecule has 0 fully saturated rings. The van der Waals surface area contributed by atoms with Crippen molar-refractivity contribution in [2.75, 3.05) is 4.90 Å². The summed E-state index contributed by atoms with van der Waals surface area (Å²) in [7, 11) is 0. The molecule has 1 heterocycles. The predicted octanol–water partition coefficient (Wildman–Crippen LogP) is 14.2. The van der Waals surface area contributed by atoms with E-state index in [-0.39, 0.29) is 5.41 Å². The Morgan fingerprint density at radius 2 is 0.907 bits per heavy atom. The minimum Gasteiger partial charge on any atom is -0.310 e. The quantitative estimate of drug-likeness (QED) is 0.176. The molecular weight excluding hydrogens is 671 g/mol. The van der Waals surface area contributed by atoms with E-state index in [1.54, 1.807) is 0 Å². The van der Waals surface area contributed by atoms with Crippen LogP contribution in [0.5, 0.6) is 0 Å². The number of thiophene rings is 1. The van der Waals surface area contributed by atoms with Crippen LogP contribution in [-0.4, -0.2) is 0 Å². The lowest BCUT2D eigenvalue weighted by molar-refractivity contribution is 0.563. The summed E-state index contributed by atoms with van der Waals surface area (Å²) in [5.74, 6) is 0. The van der Waals surface area contributed by atoms with E-state index >= 15 is 0 Å². The van der Waals surface area contributed by atoms with Crippen molar-refractivity contribution < 1.29 is 0 Å². The van der Waals surface area contributed by atoms with Gasteiger partial charge in [0.2, 0.25) is 0 Å². The van der Waals surface area contributed by atoms with Crippen molar-refractivity contribution in [3.63, 3.8) is 0 Å².